The molecular weight excluding hydrogens is 406 g/mol. The summed E-state index contributed by atoms with van der Waals surface area (Å²) in [5.41, 5.74) is 3.03. The average Bonchev–Trinajstić information content (AvgIpc) is 2.73. The quantitative estimate of drug-likeness (QED) is 0.620. The summed E-state index contributed by atoms with van der Waals surface area (Å²) in [5.74, 6) is 0.878. The molecule has 0 radical (unpaired) electrons. The molecule has 0 bridgehead atoms. The lowest BCUT2D eigenvalue weighted by Gasteiger charge is -2.29. The van der Waals surface area contributed by atoms with Crippen molar-refractivity contribution in [3.8, 4) is 5.75 Å². The minimum atomic E-state index is -2.86. The molecule has 0 fully saturated rings. The number of nitrogens with one attached hydrogen (secondary N) is 2. The third-order valence-corrected chi connectivity index (χ3v) is 4.72. The Bertz CT molecular complexity index is 1090. The van der Waals surface area contributed by atoms with Crippen LogP contribution in [-0.2, 0) is 17.8 Å². The molecule has 1 aliphatic heterocycles. The lowest BCUT2D eigenvalue weighted by atomic mass is 9.99. The summed E-state index contributed by atoms with van der Waals surface area (Å²) in [6.45, 7) is -0.390. The zero-order valence-electron chi connectivity index (χ0n) is 16.7. The van der Waals surface area contributed by atoms with E-state index in [4.69, 9.17) is 0 Å². The fourth-order valence-corrected chi connectivity index (χ4v) is 3.46. The van der Waals surface area contributed by atoms with Gasteiger partial charge in [0.1, 0.15) is 12.1 Å². The Labute approximate surface area is 177 Å². The highest BCUT2D eigenvalue weighted by Gasteiger charge is 2.22. The van der Waals surface area contributed by atoms with Crippen molar-refractivity contribution in [3.05, 3.63) is 59.9 Å². The number of fused-ring (bicyclic) bond motifs is 1. The van der Waals surface area contributed by atoms with Gasteiger partial charge in [-0.15, -0.1) is 0 Å². The molecule has 1 aromatic heterocycles. The van der Waals surface area contributed by atoms with Crippen LogP contribution in [0.15, 0.2) is 48.8 Å². The Kier molecular flexibility index (Phi) is 5.87. The number of hydrogen-bond acceptors (Lipinski definition) is 7. The van der Waals surface area contributed by atoms with Gasteiger partial charge in [0.2, 0.25) is 17.8 Å². The van der Waals surface area contributed by atoms with E-state index in [0.29, 0.717) is 42.8 Å². The molecule has 0 saturated heterocycles. The Hall–Kier alpha value is -3.82. The zero-order valence-corrected chi connectivity index (χ0v) is 16.7. The van der Waals surface area contributed by atoms with Gasteiger partial charge in [-0.3, -0.25) is 4.79 Å². The van der Waals surface area contributed by atoms with Crippen LogP contribution in [0, 0.1) is 0 Å². The molecule has 1 amide bonds. The van der Waals surface area contributed by atoms with E-state index in [0.717, 1.165) is 11.1 Å². The number of anilines is 4. The van der Waals surface area contributed by atoms with Gasteiger partial charge in [-0.1, -0.05) is 18.2 Å². The van der Waals surface area contributed by atoms with Gasteiger partial charge in [0.05, 0.1) is 0 Å². The summed E-state index contributed by atoms with van der Waals surface area (Å²) in [4.78, 5) is 26.1. The third-order valence-electron chi connectivity index (χ3n) is 4.72. The van der Waals surface area contributed by atoms with Gasteiger partial charge < -0.3 is 20.3 Å². The molecule has 0 spiro atoms. The zero-order chi connectivity index (χ0) is 21.8. The molecule has 3 aromatic rings. The van der Waals surface area contributed by atoms with Crippen LogP contribution >= 0.6 is 0 Å². The van der Waals surface area contributed by atoms with Crippen molar-refractivity contribution in [2.45, 2.75) is 26.5 Å². The molecule has 2 N–H and O–H groups in total. The van der Waals surface area contributed by atoms with Crippen LogP contribution in [0.3, 0.4) is 0 Å². The Morgan fingerprint density at radius 2 is 1.97 bits per heavy atom. The second-order valence-corrected chi connectivity index (χ2v) is 6.94. The van der Waals surface area contributed by atoms with Gasteiger partial charge in [0.15, 0.2) is 0 Å². The van der Waals surface area contributed by atoms with Crippen LogP contribution in [0.4, 0.5) is 32.1 Å². The smallest absolute Gasteiger partial charge is 0.387 e. The van der Waals surface area contributed by atoms with E-state index in [9.17, 15) is 13.6 Å². The molecule has 160 valence electrons. The monoisotopic (exact) mass is 426 g/mol. The maximum Gasteiger partial charge on any atom is 0.387 e. The highest BCUT2D eigenvalue weighted by atomic mass is 19.3. The van der Waals surface area contributed by atoms with Gasteiger partial charge in [-0.2, -0.15) is 13.8 Å². The third kappa shape index (κ3) is 5.03. The summed E-state index contributed by atoms with van der Waals surface area (Å²) in [5, 5.41) is 5.83. The van der Waals surface area contributed by atoms with Crippen molar-refractivity contribution in [2.24, 2.45) is 0 Å². The lowest BCUT2D eigenvalue weighted by molar-refractivity contribution is -0.114. The number of aromatic nitrogens is 3. The highest BCUT2D eigenvalue weighted by molar-refractivity contribution is 5.89. The summed E-state index contributed by atoms with van der Waals surface area (Å²) >= 11 is 0. The fraction of sp³-hybridized carbons (Fsp3) is 0.238. The molecule has 10 heteroatoms. The molecule has 1 aliphatic rings. The van der Waals surface area contributed by atoms with Gasteiger partial charge >= 0.3 is 6.61 Å². The highest BCUT2D eigenvalue weighted by Crippen LogP contribution is 2.30. The number of amides is 1. The van der Waals surface area contributed by atoms with Crippen LogP contribution < -0.4 is 20.3 Å². The van der Waals surface area contributed by atoms with Crippen molar-refractivity contribution >= 4 is 29.2 Å². The van der Waals surface area contributed by atoms with E-state index in [1.807, 2.05) is 17.0 Å². The second kappa shape index (κ2) is 8.90. The number of alkyl halides is 2. The summed E-state index contributed by atoms with van der Waals surface area (Å²) in [6.07, 6.45) is 1.94. The number of nitrogens with zero attached hydrogens (tertiary/aromatic N) is 4. The number of hydrogen-bond donors (Lipinski definition) is 2. The topological polar surface area (TPSA) is 92.3 Å². The van der Waals surface area contributed by atoms with E-state index in [2.05, 4.69) is 30.3 Å². The predicted molar refractivity (Wildman–Crippen MR) is 112 cm³/mol. The second-order valence-electron chi connectivity index (χ2n) is 6.94. The summed E-state index contributed by atoms with van der Waals surface area (Å²) < 4.78 is 30.0. The van der Waals surface area contributed by atoms with Gasteiger partial charge in [0.25, 0.3) is 0 Å². The van der Waals surface area contributed by atoms with Gasteiger partial charge in [0, 0.05) is 37.0 Å². The van der Waals surface area contributed by atoms with Crippen molar-refractivity contribution < 1.29 is 18.3 Å². The van der Waals surface area contributed by atoms with E-state index in [1.165, 1.54) is 13.3 Å². The molecule has 0 saturated carbocycles. The Morgan fingerprint density at radius 3 is 2.77 bits per heavy atom. The van der Waals surface area contributed by atoms with E-state index >= 15 is 0 Å². The first kappa shape index (κ1) is 20.5. The minimum Gasteiger partial charge on any atom is -0.435 e. The Morgan fingerprint density at radius 1 is 1.16 bits per heavy atom. The number of halogens is 2. The fourth-order valence-electron chi connectivity index (χ4n) is 3.46. The average molecular weight is 426 g/mol. The molecule has 2 aromatic carbocycles. The standard InChI is InChI=1S/C21H20F2N6O2/c1-13(30)26-15-5-3-6-16(10-15)27-20-24-12-25-21(28-20)29-9-8-17-14(11-29)4-2-7-18(17)31-19(22)23/h2-7,10,12,19H,8-9,11H2,1H3,(H,26,30)(H,24,25,27,28). The number of carbonyl (C=O) groups excluding carboxylic acids is 1. The predicted octanol–water partition coefficient (Wildman–Crippen LogP) is 3.74. The van der Waals surface area contributed by atoms with Crippen molar-refractivity contribution in [1.82, 2.24) is 15.0 Å². The first-order valence-electron chi connectivity index (χ1n) is 9.62. The van der Waals surface area contributed by atoms with Gasteiger partial charge in [-0.05, 0) is 36.2 Å². The van der Waals surface area contributed by atoms with Gasteiger partial charge in [-0.25, -0.2) is 9.97 Å². The SMILES string of the molecule is CC(=O)Nc1cccc(Nc2ncnc(N3CCc4c(cccc4OC(F)F)C3)n2)c1. The number of rotatable bonds is 6. The summed E-state index contributed by atoms with van der Waals surface area (Å²) in [6, 6.07) is 12.3. The lowest BCUT2D eigenvalue weighted by Crippen LogP contribution is -2.32. The summed E-state index contributed by atoms with van der Waals surface area (Å²) in [7, 11) is 0. The van der Waals surface area contributed by atoms with Crippen molar-refractivity contribution in [2.75, 3.05) is 22.1 Å². The van der Waals surface area contributed by atoms with Crippen LogP contribution in [0.25, 0.3) is 0 Å². The minimum absolute atomic E-state index is 0.160. The number of ether oxygens (including phenoxy) is 1. The van der Waals surface area contributed by atoms with Crippen molar-refractivity contribution in [1.29, 1.82) is 0 Å². The molecular formula is C21H20F2N6O2. The van der Waals surface area contributed by atoms with E-state index in [1.54, 1.807) is 30.3 Å². The number of carbonyl (C=O) groups is 1. The maximum absolute atomic E-state index is 12.7. The number of benzene rings is 2. The normalized spacial score (nSPS) is 13.0. The molecule has 0 aliphatic carbocycles. The van der Waals surface area contributed by atoms with Crippen LogP contribution in [0.1, 0.15) is 18.1 Å². The molecule has 8 nitrogen and oxygen atoms in total. The molecule has 31 heavy (non-hydrogen) atoms. The molecule has 0 atom stereocenters. The first-order valence-corrected chi connectivity index (χ1v) is 9.62. The van der Waals surface area contributed by atoms with Crippen LogP contribution in [-0.4, -0.2) is 34.0 Å². The molecule has 4 rings (SSSR count). The van der Waals surface area contributed by atoms with Crippen LogP contribution in [0.5, 0.6) is 5.75 Å². The molecule has 0 unspecified atom stereocenters. The van der Waals surface area contributed by atoms with E-state index < -0.39 is 6.61 Å². The largest absolute Gasteiger partial charge is 0.435 e. The van der Waals surface area contributed by atoms with Crippen LogP contribution in [0.2, 0.25) is 0 Å². The first-order chi connectivity index (χ1) is 15.0. The molecule has 2 heterocycles. The van der Waals surface area contributed by atoms with Crippen molar-refractivity contribution in [3.63, 3.8) is 0 Å². The maximum atomic E-state index is 12.7. The Balaban J connectivity index is 1.50. The van der Waals surface area contributed by atoms with E-state index in [-0.39, 0.29) is 11.7 Å².